The van der Waals surface area contributed by atoms with Crippen molar-refractivity contribution in [2.24, 2.45) is 0 Å². The molecule has 0 aliphatic heterocycles. The average molecular weight is 621 g/mol. The molecular formula is C40H24N6S. The van der Waals surface area contributed by atoms with Gasteiger partial charge in [0.15, 0.2) is 17.5 Å². The van der Waals surface area contributed by atoms with Crippen molar-refractivity contribution in [3.8, 4) is 56.8 Å². The zero-order chi connectivity index (χ0) is 31.2. The van der Waals surface area contributed by atoms with Crippen molar-refractivity contribution in [3.63, 3.8) is 0 Å². The summed E-state index contributed by atoms with van der Waals surface area (Å²) in [6.45, 7) is 0. The van der Waals surface area contributed by atoms with Crippen LogP contribution in [0.15, 0.2) is 146 Å². The van der Waals surface area contributed by atoms with Gasteiger partial charge in [-0.25, -0.2) is 19.9 Å². The van der Waals surface area contributed by atoms with Gasteiger partial charge < -0.3 is 0 Å². The Balaban J connectivity index is 1.11. The van der Waals surface area contributed by atoms with Crippen molar-refractivity contribution in [1.29, 1.82) is 0 Å². The molecule has 0 fully saturated rings. The molecule has 0 unspecified atom stereocenters. The van der Waals surface area contributed by atoms with Crippen molar-refractivity contribution in [3.05, 3.63) is 146 Å². The monoisotopic (exact) mass is 620 g/mol. The molecule has 4 aromatic carbocycles. The van der Waals surface area contributed by atoms with Crippen LogP contribution < -0.4 is 0 Å². The second-order valence-corrected chi connectivity index (χ2v) is 12.3. The largest absolute Gasteiger partial charge is 0.255 e. The lowest BCUT2D eigenvalue weighted by Gasteiger charge is -2.09. The van der Waals surface area contributed by atoms with E-state index in [1.807, 2.05) is 109 Å². The number of thiophene rings is 1. The molecule has 47 heavy (non-hydrogen) atoms. The van der Waals surface area contributed by atoms with Crippen molar-refractivity contribution >= 4 is 42.4 Å². The van der Waals surface area contributed by atoms with Crippen LogP contribution in [0.2, 0.25) is 0 Å². The van der Waals surface area contributed by atoms with Crippen molar-refractivity contribution in [2.75, 3.05) is 0 Å². The summed E-state index contributed by atoms with van der Waals surface area (Å²) in [5, 5.41) is 3.35. The Bertz CT molecular complexity index is 2520. The van der Waals surface area contributed by atoms with Crippen LogP contribution in [0.25, 0.3) is 87.9 Å². The zero-order valence-corrected chi connectivity index (χ0v) is 25.8. The number of hydrogen-bond donors (Lipinski definition) is 0. The Hall–Kier alpha value is -6.18. The van der Waals surface area contributed by atoms with Gasteiger partial charge >= 0.3 is 0 Å². The molecule has 0 N–H and O–H groups in total. The van der Waals surface area contributed by atoms with Gasteiger partial charge in [0.05, 0.1) is 27.3 Å². The summed E-state index contributed by atoms with van der Waals surface area (Å²) in [6.07, 6.45) is 3.92. The maximum Gasteiger partial charge on any atom is 0.164 e. The van der Waals surface area contributed by atoms with E-state index in [9.17, 15) is 0 Å². The first-order chi connectivity index (χ1) is 23.2. The van der Waals surface area contributed by atoms with E-state index in [2.05, 4.69) is 36.4 Å². The Kier molecular flexibility index (Phi) is 6.54. The Morgan fingerprint density at radius 1 is 0.383 bits per heavy atom. The molecule has 0 aliphatic carbocycles. The normalized spacial score (nSPS) is 11.4. The molecule has 7 heteroatoms. The molecule has 0 radical (unpaired) electrons. The van der Waals surface area contributed by atoms with E-state index in [-0.39, 0.29) is 0 Å². The van der Waals surface area contributed by atoms with Crippen molar-refractivity contribution < 1.29 is 0 Å². The van der Waals surface area contributed by atoms with E-state index >= 15 is 0 Å². The van der Waals surface area contributed by atoms with Gasteiger partial charge in [-0.2, -0.15) is 0 Å². The molecule has 0 spiro atoms. The van der Waals surface area contributed by atoms with Gasteiger partial charge in [-0.3, -0.25) is 9.97 Å². The highest BCUT2D eigenvalue weighted by atomic mass is 32.1. The minimum absolute atomic E-state index is 0.612. The van der Waals surface area contributed by atoms with Crippen LogP contribution in [0.4, 0.5) is 0 Å². The zero-order valence-electron chi connectivity index (χ0n) is 24.9. The molecule has 0 aliphatic rings. The summed E-state index contributed by atoms with van der Waals surface area (Å²) in [6, 6.07) is 44.8. The number of fused-ring (bicyclic) bond motifs is 4. The Morgan fingerprint density at radius 2 is 1.02 bits per heavy atom. The van der Waals surface area contributed by atoms with E-state index < -0.39 is 0 Å². The highest BCUT2D eigenvalue weighted by Gasteiger charge is 2.15. The summed E-state index contributed by atoms with van der Waals surface area (Å²) < 4.78 is 2.27. The standard InChI is InChI=1S/C40H24N6S/c1-3-11-26(12-4-1)38-44-39(27-13-5-2-6-14-27)46-40(45-38)29-16-9-15-28(20-29)34-21-30-31-23-41-35(22-36(31)47-37(30)24-42-34)33-19-18-25-10-7-8-17-32(25)43-33/h1-24H. The van der Waals surface area contributed by atoms with Crippen molar-refractivity contribution in [2.45, 2.75) is 0 Å². The highest BCUT2D eigenvalue weighted by Crippen LogP contribution is 2.37. The van der Waals surface area contributed by atoms with E-state index in [0.717, 1.165) is 70.4 Å². The minimum Gasteiger partial charge on any atom is -0.255 e. The highest BCUT2D eigenvalue weighted by molar-refractivity contribution is 7.25. The van der Waals surface area contributed by atoms with Gasteiger partial charge in [0.2, 0.25) is 0 Å². The second-order valence-electron chi connectivity index (χ2n) is 11.2. The summed E-state index contributed by atoms with van der Waals surface area (Å²) in [7, 11) is 0. The lowest BCUT2D eigenvalue weighted by atomic mass is 10.1. The number of hydrogen-bond acceptors (Lipinski definition) is 7. The van der Waals surface area contributed by atoms with E-state index in [1.165, 1.54) is 0 Å². The predicted molar refractivity (Wildman–Crippen MR) is 191 cm³/mol. The van der Waals surface area contributed by atoms with Gasteiger partial charge in [-0.15, -0.1) is 11.3 Å². The summed E-state index contributed by atoms with van der Waals surface area (Å²) in [5.41, 5.74) is 7.31. The third-order valence-electron chi connectivity index (χ3n) is 8.22. The van der Waals surface area contributed by atoms with E-state index in [0.29, 0.717) is 17.5 Å². The Labute approximate surface area is 274 Å². The topological polar surface area (TPSA) is 77.3 Å². The molecule has 5 heterocycles. The van der Waals surface area contributed by atoms with Crippen molar-refractivity contribution in [1.82, 2.24) is 29.9 Å². The first-order valence-corrected chi connectivity index (χ1v) is 16.1. The van der Waals surface area contributed by atoms with Crippen LogP contribution in [0.3, 0.4) is 0 Å². The van der Waals surface area contributed by atoms with Gasteiger partial charge in [0.25, 0.3) is 0 Å². The van der Waals surface area contributed by atoms with Crippen LogP contribution in [0.1, 0.15) is 0 Å². The number of para-hydroxylation sites is 1. The fourth-order valence-corrected chi connectivity index (χ4v) is 6.90. The fraction of sp³-hybridized carbons (Fsp3) is 0. The maximum absolute atomic E-state index is 4.91. The number of rotatable bonds is 5. The van der Waals surface area contributed by atoms with Crippen LogP contribution >= 0.6 is 11.3 Å². The van der Waals surface area contributed by atoms with Gasteiger partial charge in [-0.05, 0) is 30.3 Å². The average Bonchev–Trinajstić information content (AvgIpc) is 3.52. The molecule has 9 rings (SSSR count). The molecule has 220 valence electrons. The van der Waals surface area contributed by atoms with Crippen LogP contribution in [-0.4, -0.2) is 29.9 Å². The van der Waals surface area contributed by atoms with Crippen LogP contribution in [0.5, 0.6) is 0 Å². The molecule has 6 nitrogen and oxygen atoms in total. The van der Waals surface area contributed by atoms with Crippen LogP contribution in [0, 0.1) is 0 Å². The maximum atomic E-state index is 4.91. The smallest absolute Gasteiger partial charge is 0.164 e. The number of pyridine rings is 3. The Morgan fingerprint density at radius 3 is 1.79 bits per heavy atom. The third kappa shape index (κ3) is 5.09. The number of aromatic nitrogens is 6. The minimum atomic E-state index is 0.612. The first-order valence-electron chi connectivity index (χ1n) is 15.3. The molecule has 0 saturated heterocycles. The van der Waals surface area contributed by atoms with Crippen LogP contribution in [-0.2, 0) is 0 Å². The lowest BCUT2D eigenvalue weighted by molar-refractivity contribution is 1.07. The summed E-state index contributed by atoms with van der Waals surface area (Å²) in [5.74, 6) is 1.88. The van der Waals surface area contributed by atoms with Gasteiger partial charge in [-0.1, -0.05) is 103 Å². The van der Waals surface area contributed by atoms with Gasteiger partial charge in [0, 0.05) is 55.5 Å². The molecule has 0 bridgehead atoms. The summed E-state index contributed by atoms with van der Waals surface area (Å²) >= 11 is 1.72. The fourth-order valence-electron chi connectivity index (χ4n) is 5.84. The second kappa shape index (κ2) is 11.3. The molecule has 0 amide bonds. The summed E-state index contributed by atoms with van der Waals surface area (Å²) in [4.78, 5) is 29.2. The molecule has 0 atom stereocenters. The number of nitrogens with zero attached hydrogens (tertiary/aromatic N) is 6. The molecule has 9 aromatic rings. The third-order valence-corrected chi connectivity index (χ3v) is 9.32. The van der Waals surface area contributed by atoms with E-state index in [4.69, 9.17) is 29.9 Å². The molecular weight excluding hydrogens is 597 g/mol. The lowest BCUT2D eigenvalue weighted by Crippen LogP contribution is -2.00. The molecule has 5 aromatic heterocycles. The predicted octanol–water partition coefficient (Wildman–Crippen LogP) is 9.91. The first kappa shape index (κ1) is 27.2. The quantitative estimate of drug-likeness (QED) is 0.191. The molecule has 0 saturated carbocycles. The SMILES string of the molecule is c1ccc(-c2nc(-c3ccccc3)nc(-c3cccc(-c4cc5c(cn4)sc4cc(-c6ccc7ccccc7n6)ncc45)c3)n2)cc1. The van der Waals surface area contributed by atoms with E-state index in [1.54, 1.807) is 11.3 Å². The number of benzene rings is 4. The van der Waals surface area contributed by atoms with Gasteiger partial charge in [0.1, 0.15) is 0 Å².